The number of likely N-dealkylation sites (tertiary alicyclic amines) is 1. The highest BCUT2D eigenvalue weighted by atomic mass is 16.2. The van der Waals surface area contributed by atoms with Crippen LogP contribution >= 0.6 is 0 Å². The molecule has 3 rings (SSSR count). The Labute approximate surface area is 116 Å². The van der Waals surface area contributed by atoms with Crippen LogP contribution in [0.25, 0.3) is 0 Å². The van der Waals surface area contributed by atoms with Crippen molar-refractivity contribution in [2.45, 2.75) is 44.6 Å². The molecule has 0 spiro atoms. The van der Waals surface area contributed by atoms with Crippen molar-refractivity contribution >= 4 is 5.91 Å². The first-order valence-electron chi connectivity index (χ1n) is 8.05. The molecule has 108 valence electrons. The van der Waals surface area contributed by atoms with E-state index in [1.807, 2.05) is 0 Å². The van der Waals surface area contributed by atoms with Crippen molar-refractivity contribution in [2.24, 2.45) is 5.92 Å². The van der Waals surface area contributed by atoms with Gasteiger partial charge >= 0.3 is 0 Å². The molecule has 0 bridgehead atoms. The molecule has 0 atom stereocenters. The summed E-state index contributed by atoms with van der Waals surface area (Å²) in [5, 5.41) is 3.38. The maximum Gasteiger partial charge on any atom is 0.222 e. The van der Waals surface area contributed by atoms with Crippen LogP contribution in [-0.2, 0) is 4.79 Å². The zero-order valence-corrected chi connectivity index (χ0v) is 11.9. The van der Waals surface area contributed by atoms with Crippen molar-refractivity contribution in [3.63, 3.8) is 0 Å². The zero-order chi connectivity index (χ0) is 13.1. The largest absolute Gasteiger partial charge is 0.339 e. The molecule has 19 heavy (non-hydrogen) atoms. The smallest absolute Gasteiger partial charge is 0.222 e. The van der Waals surface area contributed by atoms with E-state index in [0.717, 1.165) is 58.0 Å². The number of hydrogen-bond acceptors (Lipinski definition) is 3. The van der Waals surface area contributed by atoms with E-state index in [0.29, 0.717) is 11.9 Å². The van der Waals surface area contributed by atoms with E-state index in [1.54, 1.807) is 0 Å². The average molecular weight is 265 g/mol. The van der Waals surface area contributed by atoms with E-state index in [1.165, 1.54) is 25.7 Å². The maximum absolute atomic E-state index is 12.1. The van der Waals surface area contributed by atoms with Crippen molar-refractivity contribution in [3.05, 3.63) is 0 Å². The topological polar surface area (TPSA) is 35.6 Å². The van der Waals surface area contributed by atoms with Gasteiger partial charge in [-0.15, -0.1) is 0 Å². The summed E-state index contributed by atoms with van der Waals surface area (Å²) in [5.41, 5.74) is 0. The molecule has 0 aromatic heterocycles. The number of rotatable bonds is 4. The highest BCUT2D eigenvalue weighted by Crippen LogP contribution is 2.29. The quantitative estimate of drug-likeness (QED) is 0.826. The van der Waals surface area contributed by atoms with Gasteiger partial charge in [0.25, 0.3) is 0 Å². The minimum Gasteiger partial charge on any atom is -0.339 e. The predicted octanol–water partition coefficient (Wildman–Crippen LogP) is 1.07. The Kier molecular flexibility index (Phi) is 4.38. The number of nitrogens with one attached hydrogen (secondary N) is 1. The first-order chi connectivity index (χ1) is 9.33. The van der Waals surface area contributed by atoms with E-state index in [-0.39, 0.29) is 0 Å². The second-order valence-corrected chi connectivity index (χ2v) is 6.43. The maximum atomic E-state index is 12.1. The molecule has 4 heteroatoms. The Morgan fingerprint density at radius 1 is 1.11 bits per heavy atom. The van der Waals surface area contributed by atoms with Crippen molar-refractivity contribution < 1.29 is 4.79 Å². The molecule has 2 heterocycles. The average Bonchev–Trinajstić information content (AvgIpc) is 2.89. The molecular formula is C15H27N3O. The van der Waals surface area contributed by atoms with E-state index >= 15 is 0 Å². The van der Waals surface area contributed by atoms with E-state index in [4.69, 9.17) is 0 Å². The number of nitrogens with zero attached hydrogens (tertiary/aromatic N) is 2. The lowest BCUT2D eigenvalue weighted by Crippen LogP contribution is -2.63. The van der Waals surface area contributed by atoms with E-state index in [2.05, 4.69) is 15.1 Å². The van der Waals surface area contributed by atoms with Gasteiger partial charge in [-0.2, -0.15) is 0 Å². The number of carbonyl (C=O) groups excluding carboxylic acids is 1. The van der Waals surface area contributed by atoms with Gasteiger partial charge in [-0.1, -0.05) is 25.7 Å². The molecule has 0 aromatic rings. The first-order valence-corrected chi connectivity index (χ1v) is 8.05. The van der Waals surface area contributed by atoms with Gasteiger partial charge in [0.15, 0.2) is 0 Å². The molecule has 1 aliphatic carbocycles. The van der Waals surface area contributed by atoms with Crippen LogP contribution in [0.3, 0.4) is 0 Å². The van der Waals surface area contributed by atoms with Crippen LogP contribution < -0.4 is 5.32 Å². The fraction of sp³-hybridized carbons (Fsp3) is 0.933. The lowest BCUT2D eigenvalue weighted by atomic mass is 9.99. The minimum absolute atomic E-state index is 0.401. The van der Waals surface area contributed by atoms with Gasteiger partial charge < -0.3 is 10.2 Å². The standard InChI is InChI=1S/C15H27N3O/c19-15(6-5-13-3-1-2-4-13)18-11-14(12-18)17-9-7-16-8-10-17/h13-14,16H,1-12H2. The van der Waals surface area contributed by atoms with Crippen molar-refractivity contribution in [1.82, 2.24) is 15.1 Å². The highest BCUT2D eigenvalue weighted by Gasteiger charge is 2.34. The fourth-order valence-electron chi connectivity index (χ4n) is 3.72. The minimum atomic E-state index is 0.401. The van der Waals surface area contributed by atoms with Crippen molar-refractivity contribution in [3.8, 4) is 0 Å². The van der Waals surface area contributed by atoms with E-state index < -0.39 is 0 Å². The summed E-state index contributed by atoms with van der Waals surface area (Å²) >= 11 is 0. The van der Waals surface area contributed by atoms with Gasteiger partial charge in [0.05, 0.1) is 0 Å². The molecule has 0 radical (unpaired) electrons. The molecule has 1 N–H and O–H groups in total. The number of piperazine rings is 1. The van der Waals surface area contributed by atoms with Crippen LogP contribution in [0.15, 0.2) is 0 Å². The normalized spacial score (nSPS) is 26.6. The van der Waals surface area contributed by atoms with Crippen LogP contribution in [0.1, 0.15) is 38.5 Å². The van der Waals surface area contributed by atoms with Gasteiger partial charge in [-0.05, 0) is 12.3 Å². The Morgan fingerprint density at radius 3 is 2.47 bits per heavy atom. The number of hydrogen-bond donors (Lipinski definition) is 1. The highest BCUT2D eigenvalue weighted by molar-refractivity contribution is 5.77. The van der Waals surface area contributed by atoms with Crippen LogP contribution in [-0.4, -0.2) is 61.0 Å². The van der Waals surface area contributed by atoms with Crippen LogP contribution in [0.5, 0.6) is 0 Å². The summed E-state index contributed by atoms with van der Waals surface area (Å²) in [7, 11) is 0. The third kappa shape index (κ3) is 3.29. The molecule has 0 aromatic carbocycles. The van der Waals surface area contributed by atoms with Crippen molar-refractivity contribution in [1.29, 1.82) is 0 Å². The van der Waals surface area contributed by atoms with Crippen molar-refractivity contribution in [2.75, 3.05) is 39.3 Å². The van der Waals surface area contributed by atoms with E-state index in [9.17, 15) is 4.79 Å². The lowest BCUT2D eigenvalue weighted by molar-refractivity contribution is -0.139. The van der Waals surface area contributed by atoms with Gasteiger partial charge in [0.2, 0.25) is 5.91 Å². The Bertz CT molecular complexity index is 303. The zero-order valence-electron chi connectivity index (χ0n) is 11.9. The molecule has 2 saturated heterocycles. The third-order valence-electron chi connectivity index (χ3n) is 5.12. The SMILES string of the molecule is O=C(CCC1CCCC1)N1CC(N2CCNCC2)C1. The number of amides is 1. The lowest BCUT2D eigenvalue weighted by Gasteiger charge is -2.46. The van der Waals surface area contributed by atoms with Crippen LogP contribution in [0.4, 0.5) is 0 Å². The van der Waals surface area contributed by atoms with Gasteiger partial charge in [-0.3, -0.25) is 9.69 Å². The molecule has 1 saturated carbocycles. The van der Waals surface area contributed by atoms with Gasteiger partial charge in [-0.25, -0.2) is 0 Å². The predicted molar refractivity (Wildman–Crippen MR) is 76.0 cm³/mol. The monoisotopic (exact) mass is 265 g/mol. The van der Waals surface area contributed by atoms with Crippen LogP contribution in [0, 0.1) is 5.92 Å². The molecule has 3 aliphatic rings. The first kappa shape index (κ1) is 13.4. The van der Waals surface area contributed by atoms with Gasteiger partial charge in [0.1, 0.15) is 0 Å². The van der Waals surface area contributed by atoms with Crippen LogP contribution in [0.2, 0.25) is 0 Å². The fourth-order valence-corrected chi connectivity index (χ4v) is 3.72. The second kappa shape index (κ2) is 6.23. The third-order valence-corrected chi connectivity index (χ3v) is 5.12. The summed E-state index contributed by atoms with van der Waals surface area (Å²) < 4.78 is 0. The molecule has 0 unspecified atom stereocenters. The second-order valence-electron chi connectivity index (χ2n) is 6.43. The summed E-state index contributed by atoms with van der Waals surface area (Å²) in [6.07, 6.45) is 7.40. The Balaban J connectivity index is 1.34. The number of carbonyl (C=O) groups is 1. The summed E-state index contributed by atoms with van der Waals surface area (Å²) in [6.45, 7) is 6.45. The molecule has 3 fully saturated rings. The molecule has 4 nitrogen and oxygen atoms in total. The summed E-state index contributed by atoms with van der Waals surface area (Å²) in [6, 6.07) is 0.637. The molecule has 2 aliphatic heterocycles. The summed E-state index contributed by atoms with van der Waals surface area (Å²) in [5.74, 6) is 1.24. The Morgan fingerprint density at radius 2 is 1.79 bits per heavy atom. The molecular weight excluding hydrogens is 238 g/mol. The molecule has 1 amide bonds. The summed E-state index contributed by atoms with van der Waals surface area (Å²) in [4.78, 5) is 16.7. The van der Waals surface area contributed by atoms with Gasteiger partial charge in [0, 0.05) is 51.7 Å². The Hall–Kier alpha value is -0.610.